The summed E-state index contributed by atoms with van der Waals surface area (Å²) in [6.07, 6.45) is 4.26. The molecule has 0 spiro atoms. The number of fused-ring (bicyclic) bond motifs is 5. The van der Waals surface area contributed by atoms with Crippen LogP contribution in [0.4, 0.5) is 0 Å². The van der Waals surface area contributed by atoms with E-state index in [0.29, 0.717) is 6.54 Å². The second kappa shape index (κ2) is 8.83. The molecule has 0 aromatic heterocycles. The summed E-state index contributed by atoms with van der Waals surface area (Å²) in [5.74, 6) is 0.538. The van der Waals surface area contributed by atoms with Gasteiger partial charge in [-0.1, -0.05) is 66.7 Å². The molecule has 1 aliphatic heterocycles. The van der Waals surface area contributed by atoms with Gasteiger partial charge in [-0.05, 0) is 52.1 Å². The molecular formula is C31H27NO4. The van der Waals surface area contributed by atoms with Crippen LogP contribution in [0.25, 0.3) is 5.57 Å². The van der Waals surface area contributed by atoms with Crippen LogP contribution < -0.4 is 9.47 Å². The van der Waals surface area contributed by atoms with Gasteiger partial charge in [-0.25, -0.2) is 0 Å². The summed E-state index contributed by atoms with van der Waals surface area (Å²) in [5.41, 5.74) is 5.27. The predicted molar refractivity (Wildman–Crippen MR) is 137 cm³/mol. The second-order valence-electron chi connectivity index (χ2n) is 9.52. The number of hydrogen-bond donors (Lipinski definition) is 0. The van der Waals surface area contributed by atoms with Crippen LogP contribution in [0.3, 0.4) is 0 Å². The number of hydrogen-bond acceptors (Lipinski definition) is 4. The number of benzene rings is 3. The molecule has 4 atom stereocenters. The highest BCUT2D eigenvalue weighted by Gasteiger charge is 2.62. The van der Waals surface area contributed by atoms with Crippen LogP contribution in [0.1, 0.15) is 16.7 Å². The first-order valence-electron chi connectivity index (χ1n) is 12.2. The zero-order valence-electron chi connectivity index (χ0n) is 20.3. The Morgan fingerprint density at radius 3 is 1.61 bits per heavy atom. The first kappa shape index (κ1) is 22.4. The van der Waals surface area contributed by atoms with E-state index in [1.807, 2.05) is 78.9 Å². The molecule has 3 aromatic rings. The van der Waals surface area contributed by atoms with E-state index in [1.165, 1.54) is 4.90 Å². The molecule has 1 saturated carbocycles. The van der Waals surface area contributed by atoms with Crippen molar-refractivity contribution in [3.63, 3.8) is 0 Å². The van der Waals surface area contributed by atoms with Gasteiger partial charge in [-0.15, -0.1) is 0 Å². The van der Waals surface area contributed by atoms with Crippen molar-refractivity contribution in [2.24, 2.45) is 23.7 Å². The molecule has 3 aromatic carbocycles. The third kappa shape index (κ3) is 3.46. The molecule has 0 unspecified atom stereocenters. The van der Waals surface area contributed by atoms with Crippen molar-refractivity contribution in [3.05, 3.63) is 113 Å². The molecule has 6 rings (SSSR count). The van der Waals surface area contributed by atoms with Crippen LogP contribution in [0.2, 0.25) is 0 Å². The van der Waals surface area contributed by atoms with Crippen LogP contribution in [-0.2, 0) is 16.1 Å². The van der Waals surface area contributed by atoms with E-state index >= 15 is 0 Å². The van der Waals surface area contributed by atoms with E-state index in [0.717, 1.165) is 39.3 Å². The van der Waals surface area contributed by atoms with Crippen LogP contribution in [0, 0.1) is 23.7 Å². The predicted octanol–water partition coefficient (Wildman–Crippen LogP) is 5.12. The molecular weight excluding hydrogens is 450 g/mol. The third-order valence-electron chi connectivity index (χ3n) is 7.74. The first-order chi connectivity index (χ1) is 17.6. The van der Waals surface area contributed by atoms with Crippen molar-refractivity contribution in [2.45, 2.75) is 6.54 Å². The largest absolute Gasteiger partial charge is 0.497 e. The smallest absolute Gasteiger partial charge is 0.234 e. The normalized spacial score (nSPS) is 23.8. The van der Waals surface area contributed by atoms with Gasteiger partial charge < -0.3 is 9.47 Å². The van der Waals surface area contributed by atoms with Crippen LogP contribution in [-0.4, -0.2) is 30.9 Å². The maximum atomic E-state index is 13.6. The number of nitrogens with zero attached hydrogens (tertiary/aromatic N) is 1. The van der Waals surface area contributed by atoms with Gasteiger partial charge in [-0.3, -0.25) is 14.5 Å². The molecule has 36 heavy (non-hydrogen) atoms. The zero-order chi connectivity index (χ0) is 24.8. The summed E-state index contributed by atoms with van der Waals surface area (Å²) in [6.45, 7) is 0.327. The number of ether oxygens (including phenoxy) is 2. The number of carbonyl (C=O) groups excluding carboxylic acids is 2. The van der Waals surface area contributed by atoms with E-state index in [2.05, 4.69) is 12.2 Å². The molecule has 0 N–H and O–H groups in total. The fourth-order valence-electron chi connectivity index (χ4n) is 6.10. The maximum absolute atomic E-state index is 13.6. The Bertz CT molecular complexity index is 1290. The minimum absolute atomic E-state index is 0.0629. The number of carbonyl (C=O) groups is 2. The lowest BCUT2D eigenvalue weighted by Gasteiger charge is -2.22. The van der Waals surface area contributed by atoms with Crippen LogP contribution in [0.15, 0.2) is 96.6 Å². The second-order valence-corrected chi connectivity index (χ2v) is 9.52. The molecule has 2 fully saturated rings. The molecule has 5 heteroatoms. The summed E-state index contributed by atoms with van der Waals surface area (Å²) in [5, 5.41) is 0. The Labute approximate surface area is 210 Å². The molecule has 1 saturated heterocycles. The number of rotatable bonds is 6. The number of methoxy groups -OCH3 is 2. The first-order valence-corrected chi connectivity index (χ1v) is 12.2. The molecule has 2 bridgehead atoms. The summed E-state index contributed by atoms with van der Waals surface area (Å²) in [7, 11) is 3.30. The quantitative estimate of drug-likeness (QED) is 0.365. The van der Waals surface area contributed by atoms with E-state index < -0.39 is 0 Å². The molecule has 1 heterocycles. The van der Waals surface area contributed by atoms with Gasteiger partial charge in [0.2, 0.25) is 11.8 Å². The van der Waals surface area contributed by atoms with Gasteiger partial charge in [-0.2, -0.15) is 0 Å². The standard InChI is InChI=1S/C31H27NO4/c1-35-22-12-8-20(9-13-22)26(21-10-14-23(36-2)15-11-21)27-24-16-17-25(27)29-28(24)30(33)32(31(29)34)18-19-6-4-3-5-7-19/h3-17,24-25,28-29H,18H2,1-2H3/t24-,25-,28-,29-/m0/s1. The number of allylic oxidation sites excluding steroid dienone is 3. The van der Waals surface area contributed by atoms with Crippen molar-refractivity contribution in [3.8, 4) is 11.5 Å². The SMILES string of the molecule is COc1ccc(C(=C2[C@@H]3C=C[C@@H]2[C@@H]2C(=O)N(Cc4ccccc4)C(=O)[C@H]23)c2ccc(OC)cc2)cc1. The molecule has 0 radical (unpaired) electrons. The minimum Gasteiger partial charge on any atom is -0.497 e. The van der Waals surface area contributed by atoms with E-state index in [-0.39, 0.29) is 35.5 Å². The van der Waals surface area contributed by atoms with Gasteiger partial charge >= 0.3 is 0 Å². The number of likely N-dealkylation sites (tertiary alicyclic amines) is 1. The molecule has 5 nitrogen and oxygen atoms in total. The Balaban J connectivity index is 1.43. The number of amides is 2. The Kier molecular flexibility index (Phi) is 5.48. The third-order valence-corrected chi connectivity index (χ3v) is 7.74. The van der Waals surface area contributed by atoms with Crippen molar-refractivity contribution >= 4 is 17.4 Å². The van der Waals surface area contributed by atoms with Crippen molar-refractivity contribution in [1.82, 2.24) is 4.90 Å². The molecule has 2 aliphatic carbocycles. The highest BCUT2D eigenvalue weighted by Crippen LogP contribution is 2.58. The summed E-state index contributed by atoms with van der Waals surface area (Å²) >= 11 is 0. The average molecular weight is 478 g/mol. The highest BCUT2D eigenvalue weighted by molar-refractivity contribution is 6.08. The van der Waals surface area contributed by atoms with Crippen LogP contribution in [0.5, 0.6) is 11.5 Å². The molecule has 3 aliphatic rings. The zero-order valence-corrected chi connectivity index (χ0v) is 20.3. The van der Waals surface area contributed by atoms with Gasteiger partial charge in [0.1, 0.15) is 11.5 Å². The lowest BCUT2D eigenvalue weighted by atomic mass is 9.85. The Hall–Kier alpha value is -4.12. The lowest BCUT2D eigenvalue weighted by Crippen LogP contribution is -2.32. The average Bonchev–Trinajstić information content (AvgIpc) is 3.56. The fraction of sp³-hybridized carbons (Fsp3) is 0.226. The maximum Gasteiger partial charge on any atom is 0.234 e. The Morgan fingerprint density at radius 1 is 0.694 bits per heavy atom. The summed E-state index contributed by atoms with van der Waals surface area (Å²) < 4.78 is 10.7. The molecule has 2 amide bonds. The van der Waals surface area contributed by atoms with E-state index in [4.69, 9.17) is 9.47 Å². The minimum atomic E-state index is -0.349. The van der Waals surface area contributed by atoms with Crippen molar-refractivity contribution < 1.29 is 19.1 Å². The monoisotopic (exact) mass is 477 g/mol. The van der Waals surface area contributed by atoms with E-state index in [9.17, 15) is 9.59 Å². The van der Waals surface area contributed by atoms with Gasteiger partial charge in [0.25, 0.3) is 0 Å². The van der Waals surface area contributed by atoms with Gasteiger partial charge in [0, 0.05) is 11.8 Å². The van der Waals surface area contributed by atoms with Crippen molar-refractivity contribution in [1.29, 1.82) is 0 Å². The van der Waals surface area contributed by atoms with Crippen molar-refractivity contribution in [2.75, 3.05) is 14.2 Å². The fourth-order valence-corrected chi connectivity index (χ4v) is 6.10. The van der Waals surface area contributed by atoms with Gasteiger partial charge in [0.15, 0.2) is 0 Å². The van der Waals surface area contributed by atoms with E-state index in [1.54, 1.807) is 14.2 Å². The highest BCUT2D eigenvalue weighted by atomic mass is 16.5. The van der Waals surface area contributed by atoms with Crippen LogP contribution >= 0.6 is 0 Å². The topological polar surface area (TPSA) is 55.8 Å². The number of imide groups is 1. The lowest BCUT2D eigenvalue weighted by molar-refractivity contribution is -0.141. The summed E-state index contributed by atoms with van der Waals surface area (Å²) in [4.78, 5) is 28.7. The van der Waals surface area contributed by atoms with Gasteiger partial charge in [0.05, 0.1) is 32.6 Å². The molecule has 180 valence electrons. The Morgan fingerprint density at radius 2 is 1.17 bits per heavy atom. The summed E-state index contributed by atoms with van der Waals surface area (Å²) in [6, 6.07) is 25.7.